The van der Waals surface area contributed by atoms with Gasteiger partial charge in [-0.2, -0.15) is 0 Å². The molecule has 0 bridgehead atoms. The maximum atomic E-state index is 11.6. The van der Waals surface area contributed by atoms with E-state index in [1.165, 1.54) is 25.7 Å². The minimum atomic E-state index is 0.00524. The third-order valence-electron chi connectivity index (χ3n) is 3.01. The Kier molecular flexibility index (Phi) is 7.01. The zero-order chi connectivity index (χ0) is 14.1. The van der Waals surface area contributed by atoms with E-state index in [0.29, 0.717) is 0 Å². The average Bonchev–Trinajstić information content (AvgIpc) is 2.39. The highest BCUT2D eigenvalue weighted by atomic mass is 16.1. The first-order chi connectivity index (χ1) is 9.13. The normalized spacial score (nSPS) is 10.5. The number of carbonyl (C=O) groups is 1. The van der Waals surface area contributed by atoms with Gasteiger partial charge < -0.3 is 10.6 Å². The quantitative estimate of drug-likeness (QED) is 0.687. The van der Waals surface area contributed by atoms with E-state index in [9.17, 15) is 4.79 Å². The highest BCUT2D eigenvalue weighted by molar-refractivity contribution is 5.92. The Morgan fingerprint density at radius 1 is 1.16 bits per heavy atom. The van der Waals surface area contributed by atoms with Crippen molar-refractivity contribution in [3.05, 3.63) is 24.3 Å². The van der Waals surface area contributed by atoms with Crippen LogP contribution >= 0.6 is 0 Å². The molecule has 0 aliphatic heterocycles. The highest BCUT2D eigenvalue weighted by Gasteiger charge is 2.06. The summed E-state index contributed by atoms with van der Waals surface area (Å²) in [6, 6.07) is 7.90. The van der Waals surface area contributed by atoms with Crippen LogP contribution in [0.3, 0.4) is 0 Å². The van der Waals surface area contributed by atoms with Gasteiger partial charge in [0.2, 0.25) is 5.91 Å². The molecule has 0 atom stereocenters. The van der Waals surface area contributed by atoms with E-state index in [4.69, 9.17) is 0 Å². The molecule has 0 saturated heterocycles. The number of benzene rings is 1. The van der Waals surface area contributed by atoms with Crippen LogP contribution in [0.15, 0.2) is 24.3 Å². The number of amides is 1. The predicted molar refractivity (Wildman–Crippen MR) is 82.5 cm³/mol. The van der Waals surface area contributed by atoms with Gasteiger partial charge in [0.25, 0.3) is 0 Å². The monoisotopic (exact) mass is 262 g/mol. The van der Waals surface area contributed by atoms with Crippen LogP contribution in [0.5, 0.6) is 0 Å². The molecule has 1 aromatic carbocycles. The molecule has 1 amide bonds. The fraction of sp³-hybridized carbons (Fsp3) is 0.562. The van der Waals surface area contributed by atoms with Crippen LogP contribution in [-0.4, -0.2) is 12.5 Å². The zero-order valence-corrected chi connectivity index (χ0v) is 12.3. The lowest BCUT2D eigenvalue weighted by Crippen LogP contribution is -2.17. The molecule has 0 aliphatic carbocycles. The van der Waals surface area contributed by atoms with Gasteiger partial charge in [-0.15, -0.1) is 0 Å². The topological polar surface area (TPSA) is 41.1 Å². The second kappa shape index (κ2) is 8.57. The molecule has 0 radical (unpaired) electrons. The van der Waals surface area contributed by atoms with Crippen molar-refractivity contribution in [1.29, 1.82) is 0 Å². The molecule has 106 valence electrons. The highest BCUT2D eigenvalue weighted by Crippen LogP contribution is 2.16. The Bertz CT molecular complexity index is 388. The zero-order valence-electron chi connectivity index (χ0n) is 12.3. The van der Waals surface area contributed by atoms with Crippen molar-refractivity contribution in [2.75, 3.05) is 17.2 Å². The molecule has 3 nitrogen and oxygen atoms in total. The number of hydrogen-bond donors (Lipinski definition) is 2. The molecule has 0 saturated carbocycles. The van der Waals surface area contributed by atoms with Crippen molar-refractivity contribution in [2.45, 2.75) is 46.5 Å². The van der Waals surface area contributed by atoms with Crippen molar-refractivity contribution < 1.29 is 4.79 Å². The van der Waals surface area contributed by atoms with Gasteiger partial charge in [-0.25, -0.2) is 0 Å². The smallest absolute Gasteiger partial charge is 0.226 e. The van der Waals surface area contributed by atoms with E-state index < -0.39 is 0 Å². The molecule has 19 heavy (non-hydrogen) atoms. The Morgan fingerprint density at radius 3 is 2.58 bits per heavy atom. The Morgan fingerprint density at radius 2 is 1.89 bits per heavy atom. The molecule has 1 rings (SSSR count). The van der Waals surface area contributed by atoms with Crippen LogP contribution in [0.2, 0.25) is 0 Å². The number of carbonyl (C=O) groups excluding carboxylic acids is 1. The summed E-state index contributed by atoms with van der Waals surface area (Å²) in [6.07, 6.45) is 5.02. The summed E-state index contributed by atoms with van der Waals surface area (Å²) in [5.74, 6) is 0.0609. The Hall–Kier alpha value is -1.51. The van der Waals surface area contributed by atoms with Crippen LogP contribution < -0.4 is 10.6 Å². The van der Waals surface area contributed by atoms with E-state index in [2.05, 4.69) is 17.6 Å². The number of unbranched alkanes of at least 4 members (excludes halogenated alkanes) is 3. The molecule has 0 heterocycles. The van der Waals surface area contributed by atoms with Crippen molar-refractivity contribution in [3.8, 4) is 0 Å². The van der Waals surface area contributed by atoms with Crippen LogP contribution in [0.4, 0.5) is 11.4 Å². The molecule has 0 aliphatic rings. The third kappa shape index (κ3) is 6.27. The molecule has 0 spiro atoms. The second-order valence-corrected chi connectivity index (χ2v) is 5.21. The standard InChI is InChI=1S/C16H26N2O/c1-4-5-6-7-11-17-14-9-8-10-15(12-14)18-16(19)13(2)3/h8-10,12-13,17H,4-7,11H2,1-3H3,(H,18,19). The SMILES string of the molecule is CCCCCCNc1cccc(NC(=O)C(C)C)c1. The van der Waals surface area contributed by atoms with E-state index in [1.807, 2.05) is 38.1 Å². The fourth-order valence-electron chi connectivity index (χ4n) is 1.78. The number of hydrogen-bond acceptors (Lipinski definition) is 2. The first-order valence-corrected chi connectivity index (χ1v) is 7.28. The predicted octanol–water partition coefficient (Wildman–Crippen LogP) is 4.27. The van der Waals surface area contributed by atoms with E-state index in [-0.39, 0.29) is 11.8 Å². The van der Waals surface area contributed by atoms with E-state index in [0.717, 1.165) is 17.9 Å². The summed E-state index contributed by atoms with van der Waals surface area (Å²) < 4.78 is 0. The fourth-order valence-corrected chi connectivity index (χ4v) is 1.78. The minimum absolute atomic E-state index is 0.00524. The molecular formula is C16H26N2O. The van der Waals surface area contributed by atoms with E-state index in [1.54, 1.807) is 0 Å². The third-order valence-corrected chi connectivity index (χ3v) is 3.01. The van der Waals surface area contributed by atoms with Gasteiger partial charge in [-0.3, -0.25) is 4.79 Å². The lowest BCUT2D eigenvalue weighted by Gasteiger charge is -2.10. The van der Waals surface area contributed by atoms with Crippen LogP contribution in [0.1, 0.15) is 46.5 Å². The minimum Gasteiger partial charge on any atom is -0.385 e. The molecule has 1 aromatic rings. The van der Waals surface area contributed by atoms with E-state index >= 15 is 0 Å². The van der Waals surface area contributed by atoms with Gasteiger partial charge in [-0.1, -0.05) is 46.1 Å². The van der Waals surface area contributed by atoms with Gasteiger partial charge in [-0.05, 0) is 24.6 Å². The van der Waals surface area contributed by atoms with Crippen molar-refractivity contribution in [1.82, 2.24) is 0 Å². The summed E-state index contributed by atoms with van der Waals surface area (Å²) in [7, 11) is 0. The summed E-state index contributed by atoms with van der Waals surface area (Å²) in [4.78, 5) is 11.6. The van der Waals surface area contributed by atoms with Gasteiger partial charge in [0.15, 0.2) is 0 Å². The van der Waals surface area contributed by atoms with Crippen molar-refractivity contribution in [2.24, 2.45) is 5.92 Å². The molecule has 0 aromatic heterocycles. The maximum Gasteiger partial charge on any atom is 0.226 e. The van der Waals surface area contributed by atoms with Crippen molar-refractivity contribution in [3.63, 3.8) is 0 Å². The molecule has 0 fully saturated rings. The van der Waals surface area contributed by atoms with Gasteiger partial charge in [0.1, 0.15) is 0 Å². The number of anilines is 2. The van der Waals surface area contributed by atoms with Gasteiger partial charge in [0.05, 0.1) is 0 Å². The van der Waals surface area contributed by atoms with Gasteiger partial charge in [0, 0.05) is 23.8 Å². The lowest BCUT2D eigenvalue weighted by atomic mass is 10.2. The van der Waals surface area contributed by atoms with Crippen LogP contribution in [0, 0.1) is 5.92 Å². The van der Waals surface area contributed by atoms with Crippen LogP contribution in [-0.2, 0) is 4.79 Å². The number of rotatable bonds is 8. The molecule has 3 heteroatoms. The molecule has 2 N–H and O–H groups in total. The first-order valence-electron chi connectivity index (χ1n) is 7.28. The summed E-state index contributed by atoms with van der Waals surface area (Å²) in [5, 5.41) is 6.31. The second-order valence-electron chi connectivity index (χ2n) is 5.21. The lowest BCUT2D eigenvalue weighted by molar-refractivity contribution is -0.118. The van der Waals surface area contributed by atoms with Gasteiger partial charge >= 0.3 is 0 Å². The number of nitrogens with one attached hydrogen (secondary N) is 2. The van der Waals surface area contributed by atoms with Crippen molar-refractivity contribution >= 4 is 17.3 Å². The first kappa shape index (κ1) is 15.5. The summed E-state index contributed by atoms with van der Waals surface area (Å²) in [5.41, 5.74) is 1.93. The maximum absolute atomic E-state index is 11.6. The summed E-state index contributed by atoms with van der Waals surface area (Å²) >= 11 is 0. The Balaban J connectivity index is 2.41. The molecular weight excluding hydrogens is 236 g/mol. The largest absolute Gasteiger partial charge is 0.385 e. The Labute approximate surface area is 116 Å². The van der Waals surface area contributed by atoms with Crippen LogP contribution in [0.25, 0.3) is 0 Å². The average molecular weight is 262 g/mol. The summed E-state index contributed by atoms with van der Waals surface area (Å²) in [6.45, 7) is 6.99. The molecule has 0 unspecified atom stereocenters.